The second kappa shape index (κ2) is 6.78. The maximum Gasteiger partial charge on any atom is 0.0349 e. The summed E-state index contributed by atoms with van der Waals surface area (Å²) in [7, 11) is 0. The van der Waals surface area contributed by atoms with Gasteiger partial charge in [-0.05, 0) is 55.5 Å². The van der Waals surface area contributed by atoms with Crippen molar-refractivity contribution in [1.29, 1.82) is 0 Å². The van der Waals surface area contributed by atoms with E-state index in [0.29, 0.717) is 11.5 Å². The zero-order valence-corrected chi connectivity index (χ0v) is 14.5. The van der Waals surface area contributed by atoms with Gasteiger partial charge in [-0.25, -0.2) is 0 Å². The Balaban J connectivity index is 0.00000147. The van der Waals surface area contributed by atoms with Gasteiger partial charge in [-0.15, -0.1) is 12.4 Å². The average Bonchev–Trinajstić information content (AvgIpc) is 2.99. The lowest BCUT2D eigenvalue weighted by molar-refractivity contribution is 0.165. The van der Waals surface area contributed by atoms with Crippen molar-refractivity contribution in [3.8, 4) is 0 Å². The van der Waals surface area contributed by atoms with E-state index in [1.165, 1.54) is 55.5 Å². The number of nitrogens with one attached hydrogen (secondary N) is 1. The normalized spacial score (nSPS) is 30.4. The lowest BCUT2D eigenvalue weighted by Crippen LogP contribution is -2.37. The van der Waals surface area contributed by atoms with Crippen molar-refractivity contribution in [3.05, 3.63) is 34.3 Å². The summed E-state index contributed by atoms with van der Waals surface area (Å²) in [6.45, 7) is 7.29. The first kappa shape index (κ1) is 16.3. The van der Waals surface area contributed by atoms with E-state index in [-0.39, 0.29) is 12.4 Å². The summed E-state index contributed by atoms with van der Waals surface area (Å²) >= 11 is 3.60. The van der Waals surface area contributed by atoms with Crippen LogP contribution in [0.1, 0.15) is 37.8 Å². The largest absolute Gasteiger partial charge is 0.316 e. The monoisotopic (exact) mass is 358 g/mol. The Bertz CT molecular complexity index is 446. The maximum absolute atomic E-state index is 3.60. The predicted molar refractivity (Wildman–Crippen MR) is 90.5 cm³/mol. The number of benzene rings is 1. The molecular formula is C16H24BrClN2. The van der Waals surface area contributed by atoms with Gasteiger partial charge >= 0.3 is 0 Å². The molecular weight excluding hydrogens is 336 g/mol. The molecule has 0 amide bonds. The van der Waals surface area contributed by atoms with E-state index in [1.54, 1.807) is 0 Å². The van der Waals surface area contributed by atoms with Crippen molar-refractivity contribution >= 4 is 28.3 Å². The number of hydrogen-bond acceptors (Lipinski definition) is 2. The van der Waals surface area contributed by atoms with Crippen molar-refractivity contribution in [2.75, 3.05) is 26.2 Å². The second-order valence-corrected chi connectivity index (χ2v) is 7.34. The Morgan fingerprint density at radius 1 is 1.45 bits per heavy atom. The minimum atomic E-state index is 0. The number of nitrogens with zero attached hydrogens (tertiary/aromatic N) is 1. The van der Waals surface area contributed by atoms with E-state index < -0.39 is 0 Å². The number of hydrogen-bond donors (Lipinski definition) is 1. The third-order valence-electron chi connectivity index (χ3n) is 4.64. The molecule has 0 bridgehead atoms. The second-order valence-electron chi connectivity index (χ2n) is 6.42. The van der Waals surface area contributed by atoms with Gasteiger partial charge in [0.25, 0.3) is 0 Å². The lowest BCUT2D eigenvalue weighted by atomic mass is 9.88. The molecule has 0 radical (unpaired) electrons. The summed E-state index contributed by atoms with van der Waals surface area (Å²) in [5.41, 5.74) is 1.94. The first-order chi connectivity index (χ1) is 9.16. The van der Waals surface area contributed by atoms with Crippen LogP contribution in [0.4, 0.5) is 0 Å². The Morgan fingerprint density at radius 2 is 2.30 bits per heavy atom. The third-order valence-corrected chi connectivity index (χ3v) is 5.13. The molecule has 2 fully saturated rings. The fourth-order valence-electron chi connectivity index (χ4n) is 3.60. The quantitative estimate of drug-likeness (QED) is 0.877. The Kier molecular flexibility index (Phi) is 5.52. The van der Waals surface area contributed by atoms with Crippen LogP contribution in [0, 0.1) is 5.41 Å². The molecule has 2 heterocycles. The Labute approximate surface area is 136 Å². The van der Waals surface area contributed by atoms with E-state index in [4.69, 9.17) is 0 Å². The SMILES string of the molecule is CC1(CN2CCCC2c2cccc(Br)c2)CCNC1.Cl. The van der Waals surface area contributed by atoms with Crippen molar-refractivity contribution in [2.45, 2.75) is 32.2 Å². The number of likely N-dealkylation sites (tertiary alicyclic amines) is 1. The van der Waals surface area contributed by atoms with Crippen molar-refractivity contribution in [2.24, 2.45) is 5.41 Å². The summed E-state index contributed by atoms with van der Waals surface area (Å²) in [4.78, 5) is 2.70. The fraction of sp³-hybridized carbons (Fsp3) is 0.625. The predicted octanol–water partition coefficient (Wildman–Crippen LogP) is 4.01. The van der Waals surface area contributed by atoms with Gasteiger partial charge in [-0.3, -0.25) is 4.90 Å². The van der Waals surface area contributed by atoms with Gasteiger partial charge < -0.3 is 5.32 Å². The molecule has 0 spiro atoms. The van der Waals surface area contributed by atoms with Crippen LogP contribution in [-0.2, 0) is 0 Å². The number of halogens is 2. The smallest absolute Gasteiger partial charge is 0.0349 e. The van der Waals surface area contributed by atoms with Crippen LogP contribution >= 0.6 is 28.3 Å². The zero-order valence-electron chi connectivity index (χ0n) is 12.1. The van der Waals surface area contributed by atoms with Gasteiger partial charge in [-0.2, -0.15) is 0 Å². The van der Waals surface area contributed by atoms with Gasteiger partial charge in [-0.1, -0.05) is 35.0 Å². The summed E-state index contributed by atoms with van der Waals surface area (Å²) in [6, 6.07) is 9.47. The summed E-state index contributed by atoms with van der Waals surface area (Å²) in [5.74, 6) is 0. The molecule has 0 saturated carbocycles. The van der Waals surface area contributed by atoms with Crippen molar-refractivity contribution in [3.63, 3.8) is 0 Å². The standard InChI is InChI=1S/C16H23BrN2.ClH/c1-16(7-8-18-11-16)12-19-9-3-6-15(19)13-4-2-5-14(17)10-13;/h2,4-5,10,15,18H,3,6-9,11-12H2,1H3;1H. The van der Waals surface area contributed by atoms with Gasteiger partial charge in [0.05, 0.1) is 0 Å². The molecule has 112 valence electrons. The number of rotatable bonds is 3. The first-order valence-corrected chi connectivity index (χ1v) is 8.16. The average molecular weight is 360 g/mol. The molecule has 2 nitrogen and oxygen atoms in total. The van der Waals surface area contributed by atoms with E-state index in [2.05, 4.69) is 57.3 Å². The third kappa shape index (κ3) is 3.56. The van der Waals surface area contributed by atoms with Crippen LogP contribution < -0.4 is 5.32 Å². The van der Waals surface area contributed by atoms with Crippen molar-refractivity contribution < 1.29 is 0 Å². The van der Waals surface area contributed by atoms with E-state index in [0.717, 1.165) is 0 Å². The Hall–Kier alpha value is -0.0900. The topological polar surface area (TPSA) is 15.3 Å². The summed E-state index contributed by atoms with van der Waals surface area (Å²) in [5, 5.41) is 3.52. The van der Waals surface area contributed by atoms with E-state index in [1.807, 2.05) is 0 Å². The van der Waals surface area contributed by atoms with E-state index in [9.17, 15) is 0 Å². The molecule has 2 unspecified atom stereocenters. The molecule has 2 aliphatic heterocycles. The highest BCUT2D eigenvalue weighted by Gasteiger charge is 2.35. The highest BCUT2D eigenvalue weighted by molar-refractivity contribution is 9.10. The molecule has 1 aromatic carbocycles. The van der Waals surface area contributed by atoms with Gasteiger partial charge in [0.2, 0.25) is 0 Å². The molecule has 2 aliphatic rings. The highest BCUT2D eigenvalue weighted by atomic mass is 79.9. The van der Waals surface area contributed by atoms with Crippen LogP contribution in [0.15, 0.2) is 28.7 Å². The molecule has 4 heteroatoms. The Morgan fingerprint density at radius 3 is 3.00 bits per heavy atom. The van der Waals surface area contributed by atoms with Gasteiger partial charge in [0, 0.05) is 23.6 Å². The lowest BCUT2D eigenvalue weighted by Gasteiger charge is -2.33. The molecule has 2 saturated heterocycles. The van der Waals surface area contributed by atoms with Gasteiger partial charge in [0.15, 0.2) is 0 Å². The van der Waals surface area contributed by atoms with Crippen LogP contribution in [-0.4, -0.2) is 31.1 Å². The highest BCUT2D eigenvalue weighted by Crippen LogP contribution is 2.37. The maximum atomic E-state index is 3.60. The molecule has 0 aliphatic carbocycles. The molecule has 1 N–H and O–H groups in total. The fourth-order valence-corrected chi connectivity index (χ4v) is 4.02. The van der Waals surface area contributed by atoms with E-state index >= 15 is 0 Å². The molecule has 3 rings (SSSR count). The summed E-state index contributed by atoms with van der Waals surface area (Å²) in [6.07, 6.45) is 3.95. The minimum Gasteiger partial charge on any atom is -0.316 e. The minimum absolute atomic E-state index is 0. The van der Waals surface area contributed by atoms with Crippen LogP contribution in [0.3, 0.4) is 0 Å². The van der Waals surface area contributed by atoms with Crippen LogP contribution in [0.2, 0.25) is 0 Å². The first-order valence-electron chi connectivity index (χ1n) is 7.37. The molecule has 0 aromatic heterocycles. The molecule has 2 atom stereocenters. The molecule has 1 aromatic rings. The molecule has 20 heavy (non-hydrogen) atoms. The zero-order chi connectivity index (χ0) is 13.3. The summed E-state index contributed by atoms with van der Waals surface area (Å²) < 4.78 is 1.20. The van der Waals surface area contributed by atoms with Crippen LogP contribution in [0.5, 0.6) is 0 Å². The van der Waals surface area contributed by atoms with Crippen LogP contribution in [0.25, 0.3) is 0 Å². The van der Waals surface area contributed by atoms with Crippen molar-refractivity contribution in [1.82, 2.24) is 10.2 Å². The van der Waals surface area contributed by atoms with Gasteiger partial charge in [0.1, 0.15) is 0 Å².